The third-order valence-electron chi connectivity index (χ3n) is 3.10. The Morgan fingerprint density at radius 1 is 1.06 bits per heavy atom. The van der Waals surface area contributed by atoms with Crippen molar-refractivity contribution in [3.05, 3.63) is 70.6 Å². The fourth-order valence-electron chi connectivity index (χ4n) is 2.01. The summed E-state index contributed by atoms with van der Waals surface area (Å²) in [6.07, 6.45) is 2.04. The first-order chi connectivity index (χ1) is 8.84. The summed E-state index contributed by atoms with van der Waals surface area (Å²) in [5.41, 5.74) is 3.78. The maximum absolute atomic E-state index is 6.02. The van der Waals surface area contributed by atoms with Gasteiger partial charge in [-0.3, -0.25) is 0 Å². The van der Waals surface area contributed by atoms with Gasteiger partial charge in [0.2, 0.25) is 0 Å². The first-order valence-electron chi connectivity index (χ1n) is 6.00. The normalized spacial score (nSPS) is 18.8. The van der Waals surface area contributed by atoms with Gasteiger partial charge in [-0.2, -0.15) is 0 Å². The second-order valence-electron chi connectivity index (χ2n) is 4.33. The zero-order chi connectivity index (χ0) is 12.4. The van der Waals surface area contributed by atoms with Crippen LogP contribution < -0.4 is 0 Å². The number of hydrogen-bond donors (Lipinski definition) is 1. The highest BCUT2D eigenvalue weighted by Crippen LogP contribution is 2.46. The molecular formula is C16H15OS. The minimum Gasteiger partial charge on any atom is -0.326 e. The molecule has 0 N–H and O–H groups in total. The van der Waals surface area contributed by atoms with E-state index >= 15 is 0 Å². The average Bonchev–Trinajstić information content (AvgIpc) is 2.81. The maximum Gasteiger partial charge on any atom is 0.0851 e. The van der Waals surface area contributed by atoms with Crippen LogP contribution in [0.4, 0.5) is 0 Å². The lowest BCUT2D eigenvalue weighted by Crippen LogP contribution is -1.92. The zero-order valence-corrected chi connectivity index (χ0v) is 11.2. The van der Waals surface area contributed by atoms with Crippen molar-refractivity contribution in [3.63, 3.8) is 0 Å². The molecule has 0 spiro atoms. The van der Waals surface area contributed by atoms with Crippen molar-refractivity contribution in [2.45, 2.75) is 18.4 Å². The van der Waals surface area contributed by atoms with E-state index in [1.165, 1.54) is 21.6 Å². The Hall–Kier alpha value is -1.51. The van der Waals surface area contributed by atoms with E-state index in [2.05, 4.69) is 60.9 Å². The van der Waals surface area contributed by atoms with Gasteiger partial charge in [0.05, 0.1) is 6.61 Å². The van der Waals surface area contributed by atoms with Gasteiger partial charge in [0.1, 0.15) is 0 Å². The first-order valence-corrected chi connectivity index (χ1v) is 7.26. The summed E-state index contributed by atoms with van der Waals surface area (Å²) in [6.45, 7) is 2.78. The topological polar surface area (TPSA) is 9.23 Å². The largest absolute Gasteiger partial charge is 0.326 e. The predicted molar refractivity (Wildman–Crippen MR) is 77.4 cm³/mol. The fraction of sp³-hybridized carbons (Fsp3) is 0.125. The minimum atomic E-state index is -0.703. The Morgan fingerprint density at radius 2 is 1.83 bits per heavy atom. The van der Waals surface area contributed by atoms with Crippen LogP contribution in [0.2, 0.25) is 0 Å². The number of fused-ring (bicyclic) bond motifs is 1. The van der Waals surface area contributed by atoms with Crippen LogP contribution in [-0.4, -0.2) is 0 Å². The quantitative estimate of drug-likeness (QED) is 0.806. The number of aryl methyl sites for hydroxylation is 1. The molecule has 1 atom stereocenters. The zero-order valence-electron chi connectivity index (χ0n) is 10.3. The van der Waals surface area contributed by atoms with Crippen LogP contribution >= 0.6 is 11.2 Å². The molecule has 2 aromatic carbocycles. The lowest BCUT2D eigenvalue weighted by atomic mass is 10.1. The third kappa shape index (κ3) is 2.22. The van der Waals surface area contributed by atoms with Crippen LogP contribution in [0.3, 0.4) is 0 Å². The van der Waals surface area contributed by atoms with Crippen molar-refractivity contribution >= 4 is 17.3 Å². The lowest BCUT2D eigenvalue weighted by Gasteiger charge is -2.16. The van der Waals surface area contributed by atoms with Gasteiger partial charge < -0.3 is 4.18 Å². The van der Waals surface area contributed by atoms with Crippen LogP contribution in [-0.2, 0) is 10.8 Å². The molecule has 0 aliphatic carbocycles. The minimum absolute atomic E-state index is 0.660. The number of thiol groups is 1. The lowest BCUT2D eigenvalue weighted by molar-refractivity contribution is 0.357. The van der Waals surface area contributed by atoms with Gasteiger partial charge >= 0.3 is 0 Å². The van der Waals surface area contributed by atoms with Crippen molar-refractivity contribution < 1.29 is 4.18 Å². The number of rotatable bonds is 3. The van der Waals surface area contributed by atoms with E-state index in [1.807, 2.05) is 6.08 Å². The molecule has 0 amide bonds. The van der Waals surface area contributed by atoms with Crippen LogP contribution in [0, 0.1) is 12.3 Å². The van der Waals surface area contributed by atoms with E-state index in [0.717, 1.165) is 0 Å². The molecule has 2 aromatic rings. The Balaban J connectivity index is 1.73. The maximum atomic E-state index is 6.02. The second-order valence-corrected chi connectivity index (χ2v) is 5.91. The van der Waals surface area contributed by atoms with Gasteiger partial charge in [0, 0.05) is 10.3 Å². The highest BCUT2D eigenvalue weighted by atomic mass is 32.2. The number of hydrogen-bond acceptors (Lipinski definition) is 1. The molecule has 0 saturated carbocycles. The van der Waals surface area contributed by atoms with E-state index in [9.17, 15) is 0 Å². The summed E-state index contributed by atoms with van der Waals surface area (Å²) in [7, 11) is 0. The van der Waals surface area contributed by atoms with Gasteiger partial charge in [-0.15, -0.1) is 0 Å². The van der Waals surface area contributed by atoms with E-state index in [0.29, 0.717) is 6.61 Å². The Kier molecular flexibility index (Phi) is 3.22. The molecule has 1 unspecified atom stereocenters. The highest BCUT2D eigenvalue weighted by Gasteiger charge is 2.14. The monoisotopic (exact) mass is 255 g/mol. The molecule has 0 saturated heterocycles. The van der Waals surface area contributed by atoms with Gasteiger partial charge in [0.25, 0.3) is 0 Å². The SMILES string of the molecule is Cc1ccccc1CO[SH]1[C]=Cc2ccccc21. The molecule has 0 bridgehead atoms. The van der Waals surface area contributed by atoms with E-state index in [4.69, 9.17) is 4.18 Å². The molecule has 0 fully saturated rings. The molecule has 2 heteroatoms. The summed E-state index contributed by atoms with van der Waals surface area (Å²) >= 11 is -0.703. The van der Waals surface area contributed by atoms with Crippen molar-refractivity contribution in [1.29, 1.82) is 0 Å². The highest BCUT2D eigenvalue weighted by molar-refractivity contribution is 8.14. The van der Waals surface area contributed by atoms with E-state index in [1.54, 1.807) is 0 Å². The molecule has 1 nitrogen and oxygen atoms in total. The van der Waals surface area contributed by atoms with Crippen LogP contribution in [0.1, 0.15) is 16.7 Å². The Labute approximate surface area is 111 Å². The van der Waals surface area contributed by atoms with Crippen LogP contribution in [0.5, 0.6) is 0 Å². The molecule has 1 aliphatic rings. The van der Waals surface area contributed by atoms with E-state index in [-0.39, 0.29) is 0 Å². The molecule has 0 aromatic heterocycles. The molecular weight excluding hydrogens is 240 g/mol. The summed E-state index contributed by atoms with van der Waals surface area (Å²) in [4.78, 5) is 1.28. The summed E-state index contributed by atoms with van der Waals surface area (Å²) in [5.74, 6) is 0. The molecule has 1 aliphatic heterocycles. The molecule has 1 heterocycles. The van der Waals surface area contributed by atoms with Gasteiger partial charge in [-0.25, -0.2) is 0 Å². The summed E-state index contributed by atoms with van der Waals surface area (Å²) < 4.78 is 6.02. The smallest absolute Gasteiger partial charge is 0.0851 e. The summed E-state index contributed by atoms with van der Waals surface area (Å²) in [5, 5.41) is 3.33. The average molecular weight is 255 g/mol. The van der Waals surface area contributed by atoms with Crippen molar-refractivity contribution in [2.24, 2.45) is 0 Å². The van der Waals surface area contributed by atoms with E-state index < -0.39 is 11.2 Å². The van der Waals surface area contributed by atoms with Crippen molar-refractivity contribution in [3.8, 4) is 0 Å². The molecule has 18 heavy (non-hydrogen) atoms. The first kappa shape index (κ1) is 11.6. The van der Waals surface area contributed by atoms with Gasteiger partial charge in [-0.1, -0.05) is 53.6 Å². The van der Waals surface area contributed by atoms with Crippen LogP contribution in [0.25, 0.3) is 6.08 Å². The van der Waals surface area contributed by atoms with Crippen LogP contribution in [0.15, 0.2) is 53.4 Å². The Morgan fingerprint density at radius 3 is 2.72 bits per heavy atom. The fourth-order valence-corrected chi connectivity index (χ4v) is 3.48. The van der Waals surface area contributed by atoms with Gasteiger partial charge in [0.15, 0.2) is 0 Å². The third-order valence-corrected chi connectivity index (χ3v) is 4.70. The summed E-state index contributed by atoms with van der Waals surface area (Å²) in [6, 6.07) is 16.7. The second kappa shape index (κ2) is 5.01. The van der Waals surface area contributed by atoms with Gasteiger partial charge in [-0.05, 0) is 35.8 Å². The predicted octanol–water partition coefficient (Wildman–Crippen LogP) is 4.27. The standard InChI is InChI=1S/C16H15OS/c1-13-6-2-3-8-15(13)12-17-18-11-10-14-7-4-5-9-16(14)18/h2-10,18H,12H2,1H3. The number of benzene rings is 2. The van der Waals surface area contributed by atoms with Crippen molar-refractivity contribution in [1.82, 2.24) is 0 Å². The Bertz CT molecular complexity index is 589. The molecule has 3 rings (SSSR count). The molecule has 91 valence electrons. The van der Waals surface area contributed by atoms with Crippen molar-refractivity contribution in [2.75, 3.05) is 0 Å². The molecule has 1 radical (unpaired) electrons.